The van der Waals surface area contributed by atoms with Crippen LogP contribution in [-0.4, -0.2) is 46.5 Å². The maximum atomic E-state index is 13.3. The Balaban J connectivity index is 1.52. The van der Waals surface area contributed by atoms with Gasteiger partial charge in [-0.15, -0.1) is 0 Å². The molecule has 2 aromatic rings. The molecule has 1 N–H and O–H groups in total. The standard InChI is InChI=1S/C17H21FN4O2/c1-2-24-17(23)21-7-6-15(12-21)19-9-13-10-20-22(11-13)16-5-3-4-14(18)8-16/h3-5,8,10-11,15,19H,2,6-7,9,12H2,1H3/t15-/m1/s1. The number of hydrogen-bond acceptors (Lipinski definition) is 4. The topological polar surface area (TPSA) is 59.4 Å². The molecule has 0 aliphatic carbocycles. The van der Waals surface area contributed by atoms with Crippen LogP contribution in [0.25, 0.3) is 5.69 Å². The van der Waals surface area contributed by atoms with Gasteiger partial charge in [-0.05, 0) is 31.5 Å². The van der Waals surface area contributed by atoms with E-state index < -0.39 is 0 Å². The highest BCUT2D eigenvalue weighted by atomic mass is 19.1. The summed E-state index contributed by atoms with van der Waals surface area (Å²) in [5, 5.41) is 7.69. The van der Waals surface area contributed by atoms with Crippen LogP contribution >= 0.6 is 0 Å². The number of ether oxygens (including phenoxy) is 1. The summed E-state index contributed by atoms with van der Waals surface area (Å²) in [7, 11) is 0. The average molecular weight is 332 g/mol. The van der Waals surface area contributed by atoms with Gasteiger partial charge in [0.1, 0.15) is 5.82 Å². The van der Waals surface area contributed by atoms with E-state index in [1.54, 1.807) is 28.8 Å². The molecule has 1 aromatic carbocycles. The van der Waals surface area contributed by atoms with E-state index in [0.717, 1.165) is 12.0 Å². The van der Waals surface area contributed by atoms with Crippen molar-refractivity contribution in [2.45, 2.75) is 25.9 Å². The molecule has 0 unspecified atom stereocenters. The summed E-state index contributed by atoms with van der Waals surface area (Å²) in [6, 6.07) is 6.56. The Morgan fingerprint density at radius 3 is 3.17 bits per heavy atom. The van der Waals surface area contributed by atoms with Crippen LogP contribution in [0.15, 0.2) is 36.7 Å². The van der Waals surface area contributed by atoms with Crippen molar-refractivity contribution in [3.05, 3.63) is 48.0 Å². The van der Waals surface area contributed by atoms with Crippen LogP contribution in [-0.2, 0) is 11.3 Å². The van der Waals surface area contributed by atoms with Crippen LogP contribution in [0, 0.1) is 5.82 Å². The summed E-state index contributed by atoms with van der Waals surface area (Å²) >= 11 is 0. The van der Waals surface area contributed by atoms with Gasteiger partial charge in [-0.1, -0.05) is 6.07 Å². The molecule has 7 heteroatoms. The lowest BCUT2D eigenvalue weighted by Gasteiger charge is -2.16. The minimum atomic E-state index is -0.285. The number of halogens is 1. The predicted molar refractivity (Wildman–Crippen MR) is 87.4 cm³/mol. The molecule has 128 valence electrons. The summed E-state index contributed by atoms with van der Waals surface area (Å²) in [6.07, 6.45) is 4.29. The summed E-state index contributed by atoms with van der Waals surface area (Å²) in [5.74, 6) is -0.285. The monoisotopic (exact) mass is 332 g/mol. The van der Waals surface area contributed by atoms with Crippen LogP contribution in [0.2, 0.25) is 0 Å². The van der Waals surface area contributed by atoms with E-state index in [9.17, 15) is 9.18 Å². The predicted octanol–water partition coefficient (Wildman–Crippen LogP) is 2.33. The Morgan fingerprint density at radius 1 is 1.50 bits per heavy atom. The molecule has 0 bridgehead atoms. The number of benzene rings is 1. The maximum absolute atomic E-state index is 13.3. The second-order valence-electron chi connectivity index (χ2n) is 5.78. The molecule has 0 spiro atoms. The first-order valence-electron chi connectivity index (χ1n) is 8.10. The molecule has 1 saturated heterocycles. The summed E-state index contributed by atoms with van der Waals surface area (Å²) in [6.45, 7) is 4.21. The highest BCUT2D eigenvalue weighted by Crippen LogP contribution is 2.13. The molecule has 1 amide bonds. The third-order valence-corrected chi connectivity index (χ3v) is 4.02. The fraction of sp³-hybridized carbons (Fsp3) is 0.412. The lowest BCUT2D eigenvalue weighted by molar-refractivity contribution is 0.115. The molecule has 3 rings (SSSR count). The van der Waals surface area contributed by atoms with Gasteiger partial charge in [-0.25, -0.2) is 13.9 Å². The number of carbonyl (C=O) groups excluding carboxylic acids is 1. The van der Waals surface area contributed by atoms with E-state index in [-0.39, 0.29) is 18.0 Å². The van der Waals surface area contributed by atoms with E-state index in [4.69, 9.17) is 4.74 Å². The smallest absolute Gasteiger partial charge is 0.409 e. The van der Waals surface area contributed by atoms with Gasteiger partial charge < -0.3 is 15.0 Å². The first kappa shape index (κ1) is 16.4. The van der Waals surface area contributed by atoms with Gasteiger partial charge in [0.25, 0.3) is 0 Å². The van der Waals surface area contributed by atoms with Gasteiger partial charge in [-0.3, -0.25) is 0 Å². The number of rotatable bonds is 5. The quantitative estimate of drug-likeness (QED) is 0.913. The second kappa shape index (κ2) is 7.44. The molecule has 1 aliphatic rings. The van der Waals surface area contributed by atoms with Crippen molar-refractivity contribution >= 4 is 6.09 Å². The fourth-order valence-electron chi connectivity index (χ4n) is 2.78. The van der Waals surface area contributed by atoms with Gasteiger partial charge in [0.05, 0.1) is 18.5 Å². The van der Waals surface area contributed by atoms with Crippen LogP contribution in [0.4, 0.5) is 9.18 Å². The maximum Gasteiger partial charge on any atom is 0.409 e. The lowest BCUT2D eigenvalue weighted by atomic mass is 10.2. The molecule has 1 fully saturated rings. The average Bonchev–Trinajstić information content (AvgIpc) is 3.23. The minimum Gasteiger partial charge on any atom is -0.450 e. The van der Waals surface area contributed by atoms with Gasteiger partial charge in [0, 0.05) is 37.4 Å². The Kier molecular flexibility index (Phi) is 5.10. The summed E-state index contributed by atoms with van der Waals surface area (Å²) in [5.41, 5.74) is 1.70. The number of aromatic nitrogens is 2. The van der Waals surface area contributed by atoms with E-state index in [0.29, 0.717) is 31.9 Å². The molecule has 0 saturated carbocycles. The number of nitrogens with zero attached hydrogens (tertiary/aromatic N) is 3. The molecule has 24 heavy (non-hydrogen) atoms. The molecule has 2 heterocycles. The Morgan fingerprint density at radius 2 is 2.38 bits per heavy atom. The number of carbonyl (C=O) groups is 1. The first-order chi connectivity index (χ1) is 11.7. The third-order valence-electron chi connectivity index (χ3n) is 4.02. The Labute approximate surface area is 140 Å². The zero-order chi connectivity index (χ0) is 16.9. The number of likely N-dealkylation sites (tertiary alicyclic amines) is 1. The number of amides is 1. The van der Waals surface area contributed by atoms with Crippen molar-refractivity contribution in [2.75, 3.05) is 19.7 Å². The Hall–Kier alpha value is -2.41. The molecular formula is C17H21FN4O2. The zero-order valence-electron chi connectivity index (χ0n) is 13.6. The van der Waals surface area contributed by atoms with Gasteiger partial charge in [-0.2, -0.15) is 5.10 Å². The van der Waals surface area contributed by atoms with Crippen molar-refractivity contribution < 1.29 is 13.9 Å². The van der Waals surface area contributed by atoms with Gasteiger partial charge in [0.2, 0.25) is 0 Å². The Bertz CT molecular complexity index is 703. The van der Waals surface area contributed by atoms with E-state index in [1.807, 2.05) is 12.3 Å². The number of hydrogen-bond donors (Lipinski definition) is 1. The molecule has 6 nitrogen and oxygen atoms in total. The summed E-state index contributed by atoms with van der Waals surface area (Å²) in [4.78, 5) is 13.4. The third kappa shape index (κ3) is 3.91. The van der Waals surface area contributed by atoms with Crippen molar-refractivity contribution in [2.24, 2.45) is 0 Å². The van der Waals surface area contributed by atoms with Gasteiger partial charge >= 0.3 is 6.09 Å². The SMILES string of the molecule is CCOC(=O)N1CC[C@@H](NCc2cnn(-c3cccc(F)c3)c2)C1. The van der Waals surface area contributed by atoms with E-state index in [2.05, 4.69) is 10.4 Å². The van der Waals surface area contributed by atoms with Crippen molar-refractivity contribution in [1.82, 2.24) is 20.0 Å². The fourth-order valence-corrected chi connectivity index (χ4v) is 2.78. The minimum absolute atomic E-state index is 0.243. The highest BCUT2D eigenvalue weighted by Gasteiger charge is 2.26. The molecular weight excluding hydrogens is 311 g/mol. The van der Waals surface area contributed by atoms with Crippen molar-refractivity contribution in [3.8, 4) is 5.69 Å². The lowest BCUT2D eigenvalue weighted by Crippen LogP contribution is -2.35. The normalized spacial score (nSPS) is 17.2. The highest BCUT2D eigenvalue weighted by molar-refractivity contribution is 5.68. The summed E-state index contributed by atoms with van der Waals surface area (Å²) < 4.78 is 19.9. The largest absolute Gasteiger partial charge is 0.450 e. The molecule has 1 aliphatic heterocycles. The first-order valence-corrected chi connectivity index (χ1v) is 8.10. The van der Waals surface area contributed by atoms with Gasteiger partial charge in [0.15, 0.2) is 0 Å². The zero-order valence-corrected chi connectivity index (χ0v) is 13.6. The van der Waals surface area contributed by atoms with E-state index in [1.165, 1.54) is 12.1 Å². The van der Waals surface area contributed by atoms with Crippen molar-refractivity contribution in [1.29, 1.82) is 0 Å². The van der Waals surface area contributed by atoms with E-state index >= 15 is 0 Å². The van der Waals surface area contributed by atoms with Crippen LogP contribution in [0.1, 0.15) is 18.9 Å². The molecule has 1 aromatic heterocycles. The van der Waals surface area contributed by atoms with Crippen LogP contribution in [0.5, 0.6) is 0 Å². The van der Waals surface area contributed by atoms with Crippen LogP contribution in [0.3, 0.4) is 0 Å². The molecule has 1 atom stereocenters. The van der Waals surface area contributed by atoms with Crippen molar-refractivity contribution in [3.63, 3.8) is 0 Å². The molecule has 0 radical (unpaired) electrons. The van der Waals surface area contributed by atoms with Crippen LogP contribution < -0.4 is 5.32 Å². The number of nitrogens with one attached hydrogen (secondary N) is 1. The second-order valence-corrected chi connectivity index (χ2v) is 5.78.